The number of hydrogen-bond acceptors (Lipinski definition) is 6. The first-order chi connectivity index (χ1) is 18.8. The fourth-order valence-corrected chi connectivity index (χ4v) is 5.75. The van der Waals surface area contributed by atoms with Crippen molar-refractivity contribution in [1.82, 2.24) is 14.7 Å². The molecule has 0 saturated carbocycles. The van der Waals surface area contributed by atoms with Gasteiger partial charge in [0.25, 0.3) is 5.91 Å². The maximum absolute atomic E-state index is 13.6. The van der Waals surface area contributed by atoms with Gasteiger partial charge in [-0.05, 0) is 55.0 Å². The van der Waals surface area contributed by atoms with E-state index in [2.05, 4.69) is 15.9 Å². The minimum Gasteiger partial charge on any atom is -0.480 e. The predicted octanol–water partition coefficient (Wildman–Crippen LogP) is 6.63. The molecule has 1 saturated heterocycles. The molecule has 0 spiro atoms. The van der Waals surface area contributed by atoms with Crippen molar-refractivity contribution in [2.45, 2.75) is 19.4 Å². The second-order valence-electron chi connectivity index (χ2n) is 8.70. The molecule has 10 heteroatoms. The zero-order valence-corrected chi connectivity index (χ0v) is 23.9. The Morgan fingerprint density at radius 2 is 1.72 bits per heavy atom. The average Bonchev–Trinajstić information content (AvgIpc) is 3.39. The fourth-order valence-electron chi connectivity index (χ4n) is 4.15. The van der Waals surface area contributed by atoms with Crippen molar-refractivity contribution in [2.24, 2.45) is 0 Å². The molecule has 3 aromatic carbocycles. The molecule has 1 amide bonds. The van der Waals surface area contributed by atoms with Crippen molar-refractivity contribution in [3.8, 4) is 17.3 Å². The molecule has 1 N–H and O–H groups in total. The lowest BCUT2D eigenvalue weighted by molar-refractivity contribution is -0.145. The van der Waals surface area contributed by atoms with Crippen LogP contribution in [-0.2, 0) is 16.0 Å². The number of aryl methyl sites for hydroxylation is 1. The summed E-state index contributed by atoms with van der Waals surface area (Å²) in [5.41, 5.74) is 2.81. The Kier molecular flexibility index (Phi) is 7.97. The van der Waals surface area contributed by atoms with Gasteiger partial charge in [-0.1, -0.05) is 88.4 Å². The van der Waals surface area contributed by atoms with E-state index in [4.69, 9.17) is 22.1 Å². The van der Waals surface area contributed by atoms with Gasteiger partial charge in [0.05, 0.1) is 21.8 Å². The number of carboxylic acid groups (broad SMARTS) is 1. The normalized spacial score (nSPS) is 15.1. The summed E-state index contributed by atoms with van der Waals surface area (Å²) >= 11 is 10.0. The third kappa shape index (κ3) is 5.83. The summed E-state index contributed by atoms with van der Waals surface area (Å²) in [5, 5.41) is 14.7. The Balaban J connectivity index is 1.53. The molecule has 1 aliphatic rings. The zero-order valence-electron chi connectivity index (χ0n) is 20.7. The molecule has 1 atom stereocenters. The van der Waals surface area contributed by atoms with Gasteiger partial charge < -0.3 is 9.84 Å². The van der Waals surface area contributed by atoms with Gasteiger partial charge in [0.2, 0.25) is 5.88 Å². The Labute approximate surface area is 243 Å². The van der Waals surface area contributed by atoms with E-state index in [0.717, 1.165) is 27.5 Å². The van der Waals surface area contributed by atoms with Gasteiger partial charge in [-0.3, -0.25) is 9.69 Å². The monoisotopic (exact) mass is 619 g/mol. The number of halogens is 1. The van der Waals surface area contributed by atoms with E-state index in [1.54, 1.807) is 10.8 Å². The number of benzene rings is 3. The summed E-state index contributed by atoms with van der Waals surface area (Å²) in [6.07, 6.45) is 1.81. The van der Waals surface area contributed by atoms with Crippen molar-refractivity contribution in [3.05, 3.63) is 111 Å². The van der Waals surface area contributed by atoms with Crippen LogP contribution in [0.3, 0.4) is 0 Å². The van der Waals surface area contributed by atoms with Crippen molar-refractivity contribution >= 4 is 62.2 Å². The standard InChI is InChI=1S/C29H22BrN3O4S2/c1-18-23(27(37-22-14-12-20(30)13-15-22)33(31-18)21-10-6-3-7-11-21)17-25-26(34)32(29(38)39-25)24(28(35)36)16-19-8-4-2-5-9-19/h2-15,17,24H,16H2,1H3,(H,35,36)/b25-17-/t24-/m0/s1. The molecular weight excluding hydrogens is 598 g/mol. The first-order valence-electron chi connectivity index (χ1n) is 11.9. The number of carbonyl (C=O) groups excluding carboxylic acids is 1. The largest absolute Gasteiger partial charge is 0.480 e. The molecule has 5 rings (SSSR count). The van der Waals surface area contributed by atoms with Crippen LogP contribution in [0.15, 0.2) is 94.3 Å². The maximum Gasteiger partial charge on any atom is 0.327 e. The zero-order chi connectivity index (χ0) is 27.5. The average molecular weight is 621 g/mol. The van der Waals surface area contributed by atoms with Crippen LogP contribution in [0, 0.1) is 6.92 Å². The van der Waals surface area contributed by atoms with Crippen LogP contribution in [0.5, 0.6) is 11.6 Å². The van der Waals surface area contributed by atoms with E-state index in [-0.39, 0.29) is 10.7 Å². The molecule has 2 heterocycles. The Morgan fingerprint density at radius 3 is 2.36 bits per heavy atom. The summed E-state index contributed by atoms with van der Waals surface area (Å²) in [5.74, 6) is -0.574. The number of carbonyl (C=O) groups is 2. The number of ether oxygens (including phenoxy) is 1. The number of nitrogens with zero attached hydrogens (tertiary/aromatic N) is 3. The molecule has 7 nitrogen and oxygen atoms in total. The van der Waals surface area contributed by atoms with Crippen molar-refractivity contribution < 1.29 is 19.4 Å². The molecule has 0 radical (unpaired) electrons. The summed E-state index contributed by atoms with van der Waals surface area (Å²) in [4.78, 5) is 27.3. The number of thioether (sulfide) groups is 1. The van der Waals surface area contributed by atoms with Gasteiger partial charge in [-0.25, -0.2) is 4.79 Å². The first kappa shape index (κ1) is 26.9. The van der Waals surface area contributed by atoms with Crippen LogP contribution in [0.1, 0.15) is 16.8 Å². The number of thiocarbonyl (C=S) groups is 1. The van der Waals surface area contributed by atoms with Gasteiger partial charge in [0.15, 0.2) is 0 Å². The molecular formula is C29H22BrN3O4S2. The van der Waals surface area contributed by atoms with Gasteiger partial charge in [0, 0.05) is 10.9 Å². The summed E-state index contributed by atoms with van der Waals surface area (Å²) < 4.78 is 9.09. The van der Waals surface area contributed by atoms with Gasteiger partial charge in [0.1, 0.15) is 16.1 Å². The highest BCUT2D eigenvalue weighted by atomic mass is 79.9. The highest BCUT2D eigenvalue weighted by Crippen LogP contribution is 2.38. The lowest BCUT2D eigenvalue weighted by atomic mass is 10.0. The Bertz CT molecular complexity index is 1570. The number of amides is 1. The lowest BCUT2D eigenvalue weighted by Crippen LogP contribution is -2.45. The van der Waals surface area contributed by atoms with Crippen LogP contribution >= 0.6 is 39.9 Å². The topological polar surface area (TPSA) is 84.7 Å². The number of aliphatic carboxylic acids is 1. The fraction of sp³-hybridized carbons (Fsp3) is 0.103. The quantitative estimate of drug-likeness (QED) is 0.175. The third-order valence-electron chi connectivity index (χ3n) is 6.06. The number of hydrogen-bond donors (Lipinski definition) is 1. The maximum atomic E-state index is 13.6. The smallest absolute Gasteiger partial charge is 0.327 e. The van der Waals surface area contributed by atoms with Crippen LogP contribution in [0.4, 0.5) is 0 Å². The van der Waals surface area contributed by atoms with Crippen molar-refractivity contribution in [2.75, 3.05) is 0 Å². The third-order valence-corrected chi connectivity index (χ3v) is 7.92. The van der Waals surface area contributed by atoms with Crippen LogP contribution in [0.2, 0.25) is 0 Å². The number of aromatic nitrogens is 2. The van der Waals surface area contributed by atoms with Gasteiger partial charge in [-0.2, -0.15) is 9.78 Å². The molecule has 39 heavy (non-hydrogen) atoms. The molecule has 1 aromatic heterocycles. The Morgan fingerprint density at radius 1 is 1.08 bits per heavy atom. The van der Waals surface area contributed by atoms with E-state index < -0.39 is 17.9 Å². The number of para-hydroxylation sites is 1. The molecule has 0 bridgehead atoms. The second-order valence-corrected chi connectivity index (χ2v) is 11.3. The SMILES string of the molecule is Cc1nn(-c2ccccc2)c(Oc2ccc(Br)cc2)c1/C=C1\SC(=S)N([C@@H](Cc2ccccc2)C(=O)O)C1=O. The molecule has 1 fully saturated rings. The first-order valence-corrected chi connectivity index (χ1v) is 14.0. The molecule has 1 aliphatic heterocycles. The number of carboxylic acids is 1. The summed E-state index contributed by atoms with van der Waals surface area (Å²) in [6, 6.07) is 25.0. The van der Waals surface area contributed by atoms with Gasteiger partial charge >= 0.3 is 5.97 Å². The van der Waals surface area contributed by atoms with E-state index in [1.165, 1.54) is 4.90 Å². The minimum absolute atomic E-state index is 0.138. The van der Waals surface area contributed by atoms with Crippen LogP contribution in [0.25, 0.3) is 11.8 Å². The second kappa shape index (κ2) is 11.6. The summed E-state index contributed by atoms with van der Waals surface area (Å²) in [7, 11) is 0. The lowest BCUT2D eigenvalue weighted by Gasteiger charge is -2.23. The summed E-state index contributed by atoms with van der Waals surface area (Å²) in [6.45, 7) is 1.83. The molecule has 0 unspecified atom stereocenters. The Hall–Kier alpha value is -3.73. The van der Waals surface area contributed by atoms with Crippen molar-refractivity contribution in [3.63, 3.8) is 0 Å². The highest BCUT2D eigenvalue weighted by molar-refractivity contribution is 9.10. The number of rotatable bonds is 8. The molecule has 4 aromatic rings. The van der Waals surface area contributed by atoms with Crippen LogP contribution < -0.4 is 4.74 Å². The predicted molar refractivity (Wildman–Crippen MR) is 159 cm³/mol. The molecule has 196 valence electrons. The van der Waals surface area contributed by atoms with E-state index in [0.29, 0.717) is 27.8 Å². The van der Waals surface area contributed by atoms with E-state index in [1.807, 2.05) is 91.9 Å². The van der Waals surface area contributed by atoms with E-state index in [9.17, 15) is 14.7 Å². The van der Waals surface area contributed by atoms with Crippen LogP contribution in [-0.4, -0.2) is 42.0 Å². The molecule has 0 aliphatic carbocycles. The van der Waals surface area contributed by atoms with Gasteiger partial charge in [-0.15, -0.1) is 0 Å². The van der Waals surface area contributed by atoms with E-state index >= 15 is 0 Å². The minimum atomic E-state index is -1.13. The highest BCUT2D eigenvalue weighted by Gasteiger charge is 2.41. The van der Waals surface area contributed by atoms with Crippen molar-refractivity contribution in [1.29, 1.82) is 0 Å².